The number of carbonyl (C=O) groups excluding carboxylic acids is 1. The van der Waals surface area contributed by atoms with E-state index in [9.17, 15) is 26.7 Å². The number of methoxy groups -OCH3 is 1. The van der Waals surface area contributed by atoms with E-state index in [4.69, 9.17) is 0 Å². The Kier molecular flexibility index (Phi) is 4.25. The molecular formula is C9H5BrF5NO2. The number of hydrogen-bond donors (Lipinski definition) is 0. The molecule has 9 heteroatoms. The lowest BCUT2D eigenvalue weighted by atomic mass is 10.1. The molecular weight excluding hydrogens is 329 g/mol. The van der Waals surface area contributed by atoms with Gasteiger partial charge in [-0.3, -0.25) is 0 Å². The Morgan fingerprint density at radius 1 is 1.44 bits per heavy atom. The predicted octanol–water partition coefficient (Wildman–Crippen LogP) is 3.59. The maximum Gasteiger partial charge on any atom is 0.434 e. The van der Waals surface area contributed by atoms with Crippen molar-refractivity contribution in [1.29, 1.82) is 0 Å². The van der Waals surface area contributed by atoms with E-state index in [1.807, 2.05) is 0 Å². The molecule has 0 bridgehead atoms. The van der Waals surface area contributed by atoms with Crippen LogP contribution in [0.2, 0.25) is 0 Å². The van der Waals surface area contributed by atoms with Gasteiger partial charge in [0.2, 0.25) is 0 Å². The van der Waals surface area contributed by atoms with Gasteiger partial charge < -0.3 is 4.74 Å². The normalized spacial score (nSPS) is 11.8. The van der Waals surface area contributed by atoms with Crippen molar-refractivity contribution < 1.29 is 31.5 Å². The topological polar surface area (TPSA) is 39.2 Å². The fraction of sp³-hybridized carbons (Fsp3) is 0.333. The fourth-order valence-corrected chi connectivity index (χ4v) is 1.63. The summed E-state index contributed by atoms with van der Waals surface area (Å²) >= 11 is 2.63. The first-order valence-electron chi connectivity index (χ1n) is 4.32. The molecule has 0 saturated carbocycles. The summed E-state index contributed by atoms with van der Waals surface area (Å²) in [5.74, 6) is -1.31. The number of esters is 1. The molecule has 0 atom stereocenters. The van der Waals surface area contributed by atoms with Gasteiger partial charge in [-0.2, -0.15) is 13.2 Å². The number of alkyl halides is 5. The summed E-state index contributed by atoms with van der Waals surface area (Å²) in [4.78, 5) is 13.9. The quantitative estimate of drug-likeness (QED) is 0.613. The Hall–Kier alpha value is -1.25. The second-order valence-electron chi connectivity index (χ2n) is 3.04. The number of rotatable bonds is 2. The van der Waals surface area contributed by atoms with E-state index in [1.54, 1.807) is 0 Å². The summed E-state index contributed by atoms with van der Waals surface area (Å²) in [7, 11) is 0.872. The zero-order valence-electron chi connectivity index (χ0n) is 8.69. The van der Waals surface area contributed by atoms with Crippen LogP contribution in [0.25, 0.3) is 0 Å². The van der Waals surface area contributed by atoms with Gasteiger partial charge >= 0.3 is 12.1 Å². The first kappa shape index (κ1) is 14.8. The van der Waals surface area contributed by atoms with Crippen LogP contribution in [-0.4, -0.2) is 18.1 Å². The largest absolute Gasteiger partial charge is 0.465 e. The van der Waals surface area contributed by atoms with Crippen LogP contribution in [0, 0.1) is 0 Å². The average Bonchev–Trinajstić information content (AvgIpc) is 2.25. The summed E-state index contributed by atoms with van der Waals surface area (Å²) in [6.07, 6.45) is -8.24. The molecule has 0 saturated heterocycles. The van der Waals surface area contributed by atoms with E-state index in [-0.39, 0.29) is 0 Å². The third kappa shape index (κ3) is 2.95. The number of carbonyl (C=O) groups is 1. The molecule has 3 nitrogen and oxygen atoms in total. The Morgan fingerprint density at radius 3 is 2.39 bits per heavy atom. The summed E-state index contributed by atoms with van der Waals surface area (Å²) in [6.45, 7) is 0. The van der Waals surface area contributed by atoms with Crippen molar-refractivity contribution in [3.8, 4) is 0 Å². The molecule has 0 spiro atoms. The zero-order chi connectivity index (χ0) is 14.1. The van der Waals surface area contributed by atoms with Crippen LogP contribution in [0.4, 0.5) is 22.0 Å². The van der Waals surface area contributed by atoms with Gasteiger partial charge in [-0.15, -0.1) is 0 Å². The van der Waals surface area contributed by atoms with Crippen molar-refractivity contribution in [3.63, 3.8) is 0 Å². The first-order valence-corrected chi connectivity index (χ1v) is 5.12. The van der Waals surface area contributed by atoms with Crippen molar-refractivity contribution in [1.82, 2.24) is 4.98 Å². The molecule has 0 aliphatic heterocycles. The smallest absolute Gasteiger partial charge is 0.434 e. The van der Waals surface area contributed by atoms with Crippen LogP contribution in [0.3, 0.4) is 0 Å². The maximum atomic E-state index is 12.6. The Labute approximate surface area is 106 Å². The van der Waals surface area contributed by atoms with Gasteiger partial charge in [-0.25, -0.2) is 18.6 Å². The highest BCUT2D eigenvalue weighted by Gasteiger charge is 2.39. The van der Waals surface area contributed by atoms with E-state index >= 15 is 0 Å². The van der Waals surface area contributed by atoms with Crippen LogP contribution >= 0.6 is 15.9 Å². The summed E-state index contributed by atoms with van der Waals surface area (Å²) < 4.78 is 66.4. The minimum atomic E-state index is -5.03. The monoisotopic (exact) mass is 333 g/mol. The number of ether oxygens (including phenoxy) is 1. The number of aromatic nitrogens is 1. The molecule has 0 fully saturated rings. The van der Waals surface area contributed by atoms with Crippen molar-refractivity contribution in [2.75, 3.05) is 7.11 Å². The predicted molar refractivity (Wildman–Crippen MR) is 53.2 cm³/mol. The Bertz CT molecular complexity index is 475. The molecule has 0 aliphatic carbocycles. The van der Waals surface area contributed by atoms with Gasteiger partial charge in [0.25, 0.3) is 6.43 Å². The van der Waals surface area contributed by atoms with Crippen LogP contribution in [0.1, 0.15) is 28.2 Å². The summed E-state index contributed by atoms with van der Waals surface area (Å²) in [5.41, 5.74) is -3.72. The highest BCUT2D eigenvalue weighted by atomic mass is 79.9. The van der Waals surface area contributed by atoms with E-state index in [2.05, 4.69) is 25.7 Å². The minimum Gasteiger partial charge on any atom is -0.465 e. The molecule has 100 valence electrons. The summed E-state index contributed by atoms with van der Waals surface area (Å²) in [5, 5.41) is 0. The highest BCUT2D eigenvalue weighted by molar-refractivity contribution is 9.10. The fourth-order valence-electron chi connectivity index (χ4n) is 1.14. The van der Waals surface area contributed by atoms with Crippen LogP contribution < -0.4 is 0 Å². The molecule has 0 aliphatic rings. The molecule has 1 rings (SSSR count). The van der Waals surface area contributed by atoms with E-state index < -0.39 is 40.0 Å². The second-order valence-corrected chi connectivity index (χ2v) is 3.90. The molecule has 1 aromatic rings. The number of hydrogen-bond acceptors (Lipinski definition) is 3. The Balaban J connectivity index is 3.52. The maximum absolute atomic E-state index is 12.6. The van der Waals surface area contributed by atoms with Gasteiger partial charge in [0.15, 0.2) is 5.69 Å². The van der Waals surface area contributed by atoms with Crippen molar-refractivity contribution in [3.05, 3.63) is 27.5 Å². The van der Waals surface area contributed by atoms with E-state index in [1.165, 1.54) is 0 Å². The lowest BCUT2D eigenvalue weighted by Crippen LogP contribution is -2.18. The lowest BCUT2D eigenvalue weighted by Gasteiger charge is -2.13. The third-order valence-corrected chi connectivity index (χ3v) is 2.52. The van der Waals surface area contributed by atoms with Crippen LogP contribution in [-0.2, 0) is 10.9 Å². The number of halogens is 6. The molecule has 1 aromatic heterocycles. The standard InChI is InChI=1S/C9H5BrF5NO2/c1-18-8(17)3-2-4(10)5(7(11)12)16-6(3)9(13,14)15/h2,7H,1H3. The SMILES string of the molecule is COC(=O)c1cc(Br)c(C(F)F)nc1C(F)(F)F. The van der Waals surface area contributed by atoms with Crippen molar-refractivity contribution >= 4 is 21.9 Å². The van der Waals surface area contributed by atoms with Gasteiger partial charge in [-0.05, 0) is 22.0 Å². The third-order valence-electron chi connectivity index (χ3n) is 1.88. The molecule has 18 heavy (non-hydrogen) atoms. The van der Waals surface area contributed by atoms with Crippen molar-refractivity contribution in [2.24, 2.45) is 0 Å². The molecule has 1 heterocycles. The Morgan fingerprint density at radius 2 is 2.00 bits per heavy atom. The first-order chi connectivity index (χ1) is 8.18. The van der Waals surface area contributed by atoms with E-state index in [0.717, 1.165) is 7.11 Å². The van der Waals surface area contributed by atoms with Gasteiger partial charge in [-0.1, -0.05) is 0 Å². The van der Waals surface area contributed by atoms with Gasteiger partial charge in [0.05, 0.1) is 12.7 Å². The molecule has 0 N–H and O–H groups in total. The molecule has 0 radical (unpaired) electrons. The zero-order valence-corrected chi connectivity index (χ0v) is 10.3. The van der Waals surface area contributed by atoms with Crippen LogP contribution in [0.5, 0.6) is 0 Å². The van der Waals surface area contributed by atoms with E-state index in [0.29, 0.717) is 6.07 Å². The number of pyridine rings is 1. The van der Waals surface area contributed by atoms with Gasteiger partial charge in [0.1, 0.15) is 5.69 Å². The molecule has 0 unspecified atom stereocenters. The number of nitrogens with zero attached hydrogens (tertiary/aromatic N) is 1. The van der Waals surface area contributed by atoms with Gasteiger partial charge in [0, 0.05) is 4.47 Å². The van der Waals surface area contributed by atoms with Crippen molar-refractivity contribution in [2.45, 2.75) is 12.6 Å². The molecule has 0 amide bonds. The minimum absolute atomic E-state index is 0.397. The van der Waals surface area contributed by atoms with Crippen LogP contribution in [0.15, 0.2) is 10.5 Å². The highest BCUT2D eigenvalue weighted by Crippen LogP contribution is 2.35. The summed E-state index contributed by atoms with van der Waals surface area (Å²) in [6, 6.07) is 0.614. The molecule has 0 aromatic carbocycles. The average molecular weight is 334 g/mol. The lowest BCUT2D eigenvalue weighted by molar-refractivity contribution is -0.142. The second kappa shape index (κ2) is 5.17.